The number of nitrogens with zero attached hydrogens (tertiary/aromatic N) is 5. The first-order valence-electron chi connectivity index (χ1n) is 10.6. The fourth-order valence-electron chi connectivity index (χ4n) is 3.94. The Kier molecular flexibility index (Phi) is 6.66. The Labute approximate surface area is 187 Å². The molecular formula is C21H26N6O4S. The highest BCUT2D eigenvalue weighted by Gasteiger charge is 2.35. The van der Waals surface area contributed by atoms with Gasteiger partial charge in [0.2, 0.25) is 27.8 Å². The minimum atomic E-state index is -3.50. The zero-order valence-electron chi connectivity index (χ0n) is 17.6. The summed E-state index contributed by atoms with van der Waals surface area (Å²) in [5.41, 5.74) is 0.760. The van der Waals surface area contributed by atoms with Crippen LogP contribution in [-0.4, -0.2) is 79.5 Å². The number of piperazine rings is 1. The summed E-state index contributed by atoms with van der Waals surface area (Å²) in [6.07, 6.45) is 3.44. The first-order valence-corrected chi connectivity index (χ1v) is 12.2. The number of carbonyl (C=O) groups excluding carboxylic acids is 2. The number of anilines is 2. The molecule has 11 heteroatoms. The smallest absolute Gasteiger partial charge is 0.227 e. The van der Waals surface area contributed by atoms with Crippen molar-refractivity contribution in [3.63, 3.8) is 0 Å². The molecule has 2 fully saturated rings. The van der Waals surface area contributed by atoms with E-state index >= 15 is 0 Å². The maximum Gasteiger partial charge on any atom is 0.227 e. The molecule has 1 aromatic carbocycles. The molecule has 1 atom stereocenters. The second-order valence-corrected chi connectivity index (χ2v) is 9.87. The molecule has 4 rings (SSSR count). The molecule has 0 saturated carbocycles. The van der Waals surface area contributed by atoms with Crippen molar-refractivity contribution in [1.29, 1.82) is 0 Å². The van der Waals surface area contributed by atoms with Crippen molar-refractivity contribution in [3.8, 4) is 0 Å². The topological polar surface area (TPSA) is 116 Å². The Morgan fingerprint density at radius 3 is 2.41 bits per heavy atom. The van der Waals surface area contributed by atoms with Crippen LogP contribution >= 0.6 is 0 Å². The quantitative estimate of drug-likeness (QED) is 0.625. The number of benzene rings is 1. The van der Waals surface area contributed by atoms with Gasteiger partial charge in [0.1, 0.15) is 0 Å². The van der Waals surface area contributed by atoms with Crippen LogP contribution < -0.4 is 15.1 Å². The van der Waals surface area contributed by atoms with Gasteiger partial charge in [0, 0.05) is 63.8 Å². The highest BCUT2D eigenvalue weighted by Crippen LogP contribution is 2.24. The van der Waals surface area contributed by atoms with Gasteiger partial charge in [-0.1, -0.05) is 18.2 Å². The number of nitrogens with one attached hydrogen (secondary N) is 1. The first-order chi connectivity index (χ1) is 15.4. The Bertz CT molecular complexity index is 1040. The monoisotopic (exact) mass is 458 g/mol. The van der Waals surface area contributed by atoms with E-state index in [0.717, 1.165) is 5.69 Å². The molecule has 1 aromatic heterocycles. The van der Waals surface area contributed by atoms with Gasteiger partial charge in [0.05, 0.1) is 11.7 Å². The maximum atomic E-state index is 12.7. The molecule has 0 radical (unpaired) electrons. The van der Waals surface area contributed by atoms with Gasteiger partial charge in [0.25, 0.3) is 0 Å². The van der Waals surface area contributed by atoms with E-state index in [9.17, 15) is 18.0 Å². The van der Waals surface area contributed by atoms with Crippen molar-refractivity contribution in [2.75, 3.05) is 54.8 Å². The largest absolute Gasteiger partial charge is 0.355 e. The lowest BCUT2D eigenvalue weighted by Gasteiger charge is -2.33. The normalized spacial score (nSPS) is 19.9. The van der Waals surface area contributed by atoms with E-state index in [4.69, 9.17) is 0 Å². The van der Waals surface area contributed by atoms with E-state index in [1.807, 2.05) is 35.2 Å². The summed E-state index contributed by atoms with van der Waals surface area (Å²) in [6.45, 7) is 2.02. The zero-order valence-corrected chi connectivity index (χ0v) is 18.4. The third-order valence-corrected chi connectivity index (χ3v) is 7.56. The van der Waals surface area contributed by atoms with Gasteiger partial charge in [-0.25, -0.2) is 18.4 Å². The molecule has 2 amide bonds. The SMILES string of the molecule is O=C(NCCS(=O)(=O)N1CCN(c2ncccn2)CC1)C1CC(=O)N(c2ccccc2)C1. The van der Waals surface area contributed by atoms with Gasteiger partial charge in [-0.15, -0.1) is 0 Å². The lowest BCUT2D eigenvalue weighted by Crippen LogP contribution is -2.50. The Morgan fingerprint density at radius 1 is 1.03 bits per heavy atom. The van der Waals surface area contributed by atoms with Gasteiger partial charge in [-0.2, -0.15) is 4.31 Å². The highest BCUT2D eigenvalue weighted by molar-refractivity contribution is 7.89. The van der Waals surface area contributed by atoms with Crippen LogP contribution in [0.25, 0.3) is 0 Å². The van der Waals surface area contributed by atoms with Gasteiger partial charge in [-0.3, -0.25) is 9.59 Å². The molecule has 1 unspecified atom stereocenters. The van der Waals surface area contributed by atoms with E-state index < -0.39 is 15.9 Å². The average Bonchev–Trinajstić information content (AvgIpc) is 3.22. The number of hydrogen-bond donors (Lipinski definition) is 1. The molecule has 10 nitrogen and oxygen atoms in total. The Morgan fingerprint density at radius 2 is 1.72 bits per heavy atom. The molecule has 2 aliphatic heterocycles. The van der Waals surface area contributed by atoms with E-state index in [1.165, 1.54) is 4.31 Å². The standard InChI is InChI=1S/C21H26N6O4S/c28-19-15-17(16-27(19)18-5-2-1-3-6-18)20(29)22-9-14-32(30,31)26-12-10-25(11-13-26)21-23-7-4-8-24-21/h1-8,17H,9-16H2,(H,22,29). The summed E-state index contributed by atoms with van der Waals surface area (Å²) in [4.78, 5) is 36.7. The lowest BCUT2D eigenvalue weighted by molar-refractivity contribution is -0.126. The molecule has 2 saturated heterocycles. The summed E-state index contributed by atoms with van der Waals surface area (Å²) in [5.74, 6) is -0.474. The van der Waals surface area contributed by atoms with Gasteiger partial charge in [-0.05, 0) is 18.2 Å². The number of carbonyl (C=O) groups is 2. The molecule has 0 spiro atoms. The van der Waals surface area contributed by atoms with Crippen LogP contribution in [-0.2, 0) is 19.6 Å². The van der Waals surface area contributed by atoms with E-state index in [2.05, 4.69) is 15.3 Å². The van der Waals surface area contributed by atoms with Crippen molar-refractivity contribution >= 4 is 33.5 Å². The van der Waals surface area contributed by atoms with Crippen molar-refractivity contribution in [1.82, 2.24) is 19.6 Å². The second kappa shape index (κ2) is 9.61. The number of rotatable bonds is 7. The molecule has 0 bridgehead atoms. The number of para-hydroxylation sites is 1. The number of aromatic nitrogens is 2. The van der Waals surface area contributed by atoms with Crippen LogP contribution in [0.4, 0.5) is 11.6 Å². The van der Waals surface area contributed by atoms with Crippen molar-refractivity contribution in [3.05, 3.63) is 48.8 Å². The van der Waals surface area contributed by atoms with Crippen LogP contribution in [0.1, 0.15) is 6.42 Å². The van der Waals surface area contributed by atoms with Crippen molar-refractivity contribution in [2.45, 2.75) is 6.42 Å². The van der Waals surface area contributed by atoms with Crippen LogP contribution in [0, 0.1) is 5.92 Å². The number of hydrogen-bond acceptors (Lipinski definition) is 7. The summed E-state index contributed by atoms with van der Waals surface area (Å²) in [6, 6.07) is 10.9. The third kappa shape index (κ3) is 5.05. The average molecular weight is 459 g/mol. The van der Waals surface area contributed by atoms with E-state index in [1.54, 1.807) is 23.4 Å². The fourth-order valence-corrected chi connectivity index (χ4v) is 5.28. The first kappa shape index (κ1) is 22.2. The molecule has 1 N–H and O–H groups in total. The minimum absolute atomic E-state index is 0.0131. The summed E-state index contributed by atoms with van der Waals surface area (Å²) < 4.78 is 26.8. The molecule has 32 heavy (non-hydrogen) atoms. The van der Waals surface area contributed by atoms with Gasteiger partial charge < -0.3 is 15.1 Å². The molecular weight excluding hydrogens is 432 g/mol. The fraction of sp³-hybridized carbons (Fsp3) is 0.429. The minimum Gasteiger partial charge on any atom is -0.355 e. The Balaban J connectivity index is 1.23. The van der Waals surface area contributed by atoms with E-state index in [-0.39, 0.29) is 30.5 Å². The Hall–Kier alpha value is -3.05. The summed E-state index contributed by atoms with van der Waals surface area (Å²) in [7, 11) is -3.50. The molecule has 2 aromatic rings. The molecule has 170 valence electrons. The molecule has 2 aliphatic rings. The van der Waals surface area contributed by atoms with Gasteiger partial charge >= 0.3 is 0 Å². The van der Waals surface area contributed by atoms with Crippen molar-refractivity contribution in [2.24, 2.45) is 5.92 Å². The van der Waals surface area contributed by atoms with Crippen LogP contribution in [0.5, 0.6) is 0 Å². The zero-order chi connectivity index (χ0) is 22.6. The van der Waals surface area contributed by atoms with Crippen LogP contribution in [0.15, 0.2) is 48.8 Å². The van der Waals surface area contributed by atoms with Crippen molar-refractivity contribution < 1.29 is 18.0 Å². The molecule has 3 heterocycles. The summed E-state index contributed by atoms with van der Waals surface area (Å²) in [5, 5.41) is 2.69. The third-order valence-electron chi connectivity index (χ3n) is 5.69. The predicted molar refractivity (Wildman–Crippen MR) is 120 cm³/mol. The predicted octanol–water partition coefficient (Wildman–Crippen LogP) is 0.0977. The van der Waals surface area contributed by atoms with Crippen LogP contribution in [0.2, 0.25) is 0 Å². The lowest BCUT2D eigenvalue weighted by atomic mass is 10.1. The second-order valence-electron chi connectivity index (χ2n) is 7.78. The number of sulfonamides is 1. The van der Waals surface area contributed by atoms with Gasteiger partial charge in [0.15, 0.2) is 0 Å². The summed E-state index contributed by atoms with van der Waals surface area (Å²) >= 11 is 0. The molecule has 0 aliphatic carbocycles. The maximum absolute atomic E-state index is 12.7. The van der Waals surface area contributed by atoms with Crippen LogP contribution in [0.3, 0.4) is 0 Å². The number of amides is 2. The highest BCUT2D eigenvalue weighted by atomic mass is 32.2. The van der Waals surface area contributed by atoms with E-state index in [0.29, 0.717) is 38.7 Å².